The van der Waals surface area contributed by atoms with Crippen LogP contribution in [0.3, 0.4) is 0 Å². The van der Waals surface area contributed by atoms with Crippen molar-refractivity contribution in [3.63, 3.8) is 0 Å². The fourth-order valence-corrected chi connectivity index (χ4v) is 3.09. The SMILES string of the molecule is Cc1nc2c(C)cccn2c1CC(=O)Nc1ccc(Br)cc1C(=O)O. The third kappa shape index (κ3) is 3.41. The summed E-state index contributed by atoms with van der Waals surface area (Å²) in [5, 5.41) is 12.0. The van der Waals surface area contributed by atoms with Gasteiger partial charge in [0, 0.05) is 10.7 Å². The molecule has 0 saturated carbocycles. The third-order valence-electron chi connectivity index (χ3n) is 3.96. The largest absolute Gasteiger partial charge is 0.478 e. The zero-order valence-electron chi connectivity index (χ0n) is 13.7. The van der Waals surface area contributed by atoms with Gasteiger partial charge in [0.05, 0.1) is 29.1 Å². The number of amides is 1. The lowest BCUT2D eigenvalue weighted by molar-refractivity contribution is -0.115. The summed E-state index contributed by atoms with van der Waals surface area (Å²) in [6, 6.07) is 8.58. The highest BCUT2D eigenvalue weighted by Crippen LogP contribution is 2.22. The van der Waals surface area contributed by atoms with Gasteiger partial charge < -0.3 is 14.8 Å². The van der Waals surface area contributed by atoms with Crippen molar-refractivity contribution < 1.29 is 14.7 Å². The lowest BCUT2D eigenvalue weighted by atomic mass is 10.1. The molecule has 0 bridgehead atoms. The number of nitrogens with zero attached hydrogens (tertiary/aromatic N) is 2. The highest BCUT2D eigenvalue weighted by Gasteiger charge is 2.17. The zero-order valence-corrected chi connectivity index (χ0v) is 15.3. The molecule has 1 amide bonds. The quantitative estimate of drug-likeness (QED) is 0.699. The van der Waals surface area contributed by atoms with E-state index in [1.165, 1.54) is 6.07 Å². The van der Waals surface area contributed by atoms with Crippen molar-refractivity contribution >= 4 is 39.1 Å². The summed E-state index contributed by atoms with van der Waals surface area (Å²) in [4.78, 5) is 28.3. The summed E-state index contributed by atoms with van der Waals surface area (Å²) in [5.74, 6) is -1.39. The molecule has 1 aromatic carbocycles. The van der Waals surface area contributed by atoms with E-state index in [1.807, 2.05) is 36.6 Å². The summed E-state index contributed by atoms with van der Waals surface area (Å²) in [6.07, 6.45) is 1.97. The van der Waals surface area contributed by atoms with Gasteiger partial charge in [-0.05, 0) is 43.7 Å². The molecule has 0 aliphatic carbocycles. The van der Waals surface area contributed by atoms with E-state index >= 15 is 0 Å². The number of carboxylic acids is 1. The summed E-state index contributed by atoms with van der Waals surface area (Å²) in [7, 11) is 0. The molecule has 0 unspecified atom stereocenters. The molecule has 6 nitrogen and oxygen atoms in total. The van der Waals surface area contributed by atoms with Crippen molar-refractivity contribution in [3.05, 3.63) is 63.5 Å². The summed E-state index contributed by atoms with van der Waals surface area (Å²) >= 11 is 3.24. The van der Waals surface area contributed by atoms with E-state index in [1.54, 1.807) is 12.1 Å². The Bertz CT molecular complexity index is 995. The predicted molar refractivity (Wildman–Crippen MR) is 98.1 cm³/mol. The number of nitrogens with one attached hydrogen (secondary N) is 1. The van der Waals surface area contributed by atoms with E-state index in [0.29, 0.717) is 4.47 Å². The number of pyridine rings is 1. The van der Waals surface area contributed by atoms with Gasteiger partial charge in [-0.2, -0.15) is 0 Å². The van der Waals surface area contributed by atoms with Crippen molar-refractivity contribution in [3.8, 4) is 0 Å². The number of carboxylic acid groups (broad SMARTS) is 1. The number of halogens is 1. The zero-order chi connectivity index (χ0) is 18.1. The van der Waals surface area contributed by atoms with Crippen molar-refractivity contribution in [1.29, 1.82) is 0 Å². The first-order valence-corrected chi connectivity index (χ1v) is 8.42. The Hall–Kier alpha value is -2.67. The number of aryl methyl sites for hydroxylation is 2. The van der Waals surface area contributed by atoms with Crippen LogP contribution in [-0.2, 0) is 11.2 Å². The number of benzene rings is 1. The smallest absolute Gasteiger partial charge is 0.337 e. The average molecular weight is 402 g/mol. The molecule has 0 radical (unpaired) electrons. The standard InChI is InChI=1S/C18H16BrN3O3/c1-10-4-3-7-22-15(11(2)20-17(10)22)9-16(23)21-14-6-5-12(19)8-13(14)18(24)25/h3-8H,9H2,1-2H3,(H,21,23)(H,24,25). The predicted octanol–water partition coefficient (Wildman–Crippen LogP) is 3.59. The van der Waals surface area contributed by atoms with Crippen LogP contribution in [0.15, 0.2) is 41.0 Å². The molecule has 7 heteroatoms. The number of aromatic nitrogens is 2. The van der Waals surface area contributed by atoms with Crippen LogP contribution in [0, 0.1) is 13.8 Å². The lowest BCUT2D eigenvalue weighted by Crippen LogP contribution is -2.18. The summed E-state index contributed by atoms with van der Waals surface area (Å²) in [5.41, 5.74) is 3.71. The van der Waals surface area contributed by atoms with Crippen LogP contribution >= 0.6 is 15.9 Å². The van der Waals surface area contributed by atoms with Crippen molar-refractivity contribution in [2.24, 2.45) is 0 Å². The van der Waals surface area contributed by atoms with Gasteiger partial charge in [-0.3, -0.25) is 4.79 Å². The molecule has 2 heterocycles. The molecule has 2 aromatic heterocycles. The molecule has 0 aliphatic rings. The maximum atomic E-state index is 12.5. The number of carbonyl (C=O) groups is 2. The summed E-state index contributed by atoms with van der Waals surface area (Å²) in [6.45, 7) is 3.82. The van der Waals surface area contributed by atoms with Gasteiger partial charge in [-0.1, -0.05) is 22.0 Å². The van der Waals surface area contributed by atoms with Gasteiger partial charge in [0.15, 0.2) is 0 Å². The number of fused-ring (bicyclic) bond motifs is 1. The third-order valence-corrected chi connectivity index (χ3v) is 4.45. The van der Waals surface area contributed by atoms with E-state index in [2.05, 4.69) is 26.2 Å². The Morgan fingerprint density at radius 2 is 2.04 bits per heavy atom. The number of aromatic carboxylic acids is 1. The number of rotatable bonds is 4. The van der Waals surface area contributed by atoms with E-state index in [0.717, 1.165) is 22.6 Å². The van der Waals surface area contributed by atoms with Crippen molar-refractivity contribution in [2.45, 2.75) is 20.3 Å². The highest BCUT2D eigenvalue weighted by atomic mass is 79.9. The molecule has 0 atom stereocenters. The fraction of sp³-hybridized carbons (Fsp3) is 0.167. The van der Waals surface area contributed by atoms with E-state index in [9.17, 15) is 14.7 Å². The van der Waals surface area contributed by atoms with Crippen LogP contribution < -0.4 is 5.32 Å². The minimum Gasteiger partial charge on any atom is -0.478 e. The number of imidazole rings is 1. The maximum absolute atomic E-state index is 12.5. The Morgan fingerprint density at radius 3 is 2.76 bits per heavy atom. The molecule has 0 aliphatic heterocycles. The number of hydrogen-bond donors (Lipinski definition) is 2. The Labute approximate surface area is 152 Å². The van der Waals surface area contributed by atoms with Crippen LogP contribution in [0.4, 0.5) is 5.69 Å². The number of carbonyl (C=O) groups excluding carboxylic acids is 1. The van der Waals surface area contributed by atoms with Crippen LogP contribution in [0.1, 0.15) is 27.3 Å². The Balaban J connectivity index is 1.89. The molecule has 0 spiro atoms. The van der Waals surface area contributed by atoms with Crippen LogP contribution in [-0.4, -0.2) is 26.4 Å². The fourth-order valence-electron chi connectivity index (χ4n) is 2.73. The second-order valence-corrected chi connectivity index (χ2v) is 6.66. The van der Waals surface area contributed by atoms with Gasteiger partial charge in [-0.25, -0.2) is 9.78 Å². The van der Waals surface area contributed by atoms with Crippen LogP contribution in [0.25, 0.3) is 5.65 Å². The van der Waals surface area contributed by atoms with E-state index in [-0.39, 0.29) is 23.6 Å². The molecule has 3 rings (SSSR count). The van der Waals surface area contributed by atoms with Gasteiger partial charge in [0.25, 0.3) is 0 Å². The molecule has 3 aromatic rings. The van der Waals surface area contributed by atoms with Crippen LogP contribution in [0.5, 0.6) is 0 Å². The normalized spacial score (nSPS) is 10.8. The Kier molecular flexibility index (Phi) is 4.59. The first-order chi connectivity index (χ1) is 11.9. The van der Waals surface area contributed by atoms with Gasteiger partial charge in [0.2, 0.25) is 5.91 Å². The highest BCUT2D eigenvalue weighted by molar-refractivity contribution is 9.10. The number of anilines is 1. The van der Waals surface area contributed by atoms with Crippen molar-refractivity contribution in [1.82, 2.24) is 9.38 Å². The molecule has 128 valence electrons. The van der Waals surface area contributed by atoms with Crippen LogP contribution in [0.2, 0.25) is 0 Å². The molecule has 25 heavy (non-hydrogen) atoms. The minimum atomic E-state index is -1.10. The molecule has 2 N–H and O–H groups in total. The monoisotopic (exact) mass is 401 g/mol. The van der Waals surface area contributed by atoms with Gasteiger partial charge >= 0.3 is 5.97 Å². The molecule has 0 fully saturated rings. The van der Waals surface area contributed by atoms with E-state index < -0.39 is 5.97 Å². The van der Waals surface area contributed by atoms with Gasteiger partial charge in [-0.15, -0.1) is 0 Å². The minimum absolute atomic E-state index is 0.0356. The number of hydrogen-bond acceptors (Lipinski definition) is 3. The first-order valence-electron chi connectivity index (χ1n) is 7.62. The first kappa shape index (κ1) is 17.2. The molecular formula is C18H16BrN3O3. The van der Waals surface area contributed by atoms with Gasteiger partial charge in [0.1, 0.15) is 5.65 Å². The van der Waals surface area contributed by atoms with Crippen molar-refractivity contribution in [2.75, 3.05) is 5.32 Å². The molecule has 0 saturated heterocycles. The Morgan fingerprint density at radius 1 is 1.28 bits per heavy atom. The average Bonchev–Trinajstić information content (AvgIpc) is 2.86. The second kappa shape index (κ2) is 6.68. The topological polar surface area (TPSA) is 83.7 Å². The lowest BCUT2D eigenvalue weighted by Gasteiger charge is -2.09. The maximum Gasteiger partial charge on any atom is 0.337 e. The van der Waals surface area contributed by atoms with E-state index in [4.69, 9.17) is 0 Å². The molecular weight excluding hydrogens is 386 g/mol. The second-order valence-electron chi connectivity index (χ2n) is 5.75. The summed E-state index contributed by atoms with van der Waals surface area (Å²) < 4.78 is 2.53.